The van der Waals surface area contributed by atoms with Crippen LogP contribution in [0.25, 0.3) is 0 Å². The van der Waals surface area contributed by atoms with Gasteiger partial charge in [-0.15, -0.1) is 0 Å². The molecule has 1 aromatic carbocycles. The van der Waals surface area contributed by atoms with Crippen molar-refractivity contribution in [2.75, 3.05) is 17.2 Å². The molecule has 1 atom stereocenters. The number of halogens is 1. The fourth-order valence-corrected chi connectivity index (χ4v) is 1.82. The van der Waals surface area contributed by atoms with Gasteiger partial charge in [0.05, 0.1) is 22.9 Å². The summed E-state index contributed by atoms with van der Waals surface area (Å²) in [5.74, 6) is -0.971. The number of carbonyl (C=O) groups is 2. The van der Waals surface area contributed by atoms with E-state index in [0.29, 0.717) is 22.1 Å². The monoisotopic (exact) mass is 270 g/mol. The van der Waals surface area contributed by atoms with Gasteiger partial charge in [-0.1, -0.05) is 11.6 Å². The highest BCUT2D eigenvalue weighted by molar-refractivity contribution is 6.34. The summed E-state index contributed by atoms with van der Waals surface area (Å²) >= 11 is 5.98. The molecule has 18 heavy (non-hydrogen) atoms. The molecule has 7 heteroatoms. The highest BCUT2D eigenvalue weighted by Crippen LogP contribution is 2.37. The van der Waals surface area contributed by atoms with Crippen molar-refractivity contribution in [3.63, 3.8) is 0 Å². The largest absolute Gasteiger partial charge is 0.478 e. The molecule has 0 spiro atoms. The molecule has 1 aliphatic rings. The number of nitrogens with one attached hydrogen (secondary N) is 2. The molecule has 0 aromatic heterocycles. The number of anilines is 2. The number of ether oxygens (including phenoxy) is 1. The van der Waals surface area contributed by atoms with Gasteiger partial charge in [0.2, 0.25) is 12.0 Å². The van der Waals surface area contributed by atoms with Crippen LogP contribution < -0.4 is 15.4 Å². The van der Waals surface area contributed by atoms with Gasteiger partial charge in [-0.05, 0) is 6.07 Å². The number of amides is 1. The van der Waals surface area contributed by atoms with E-state index in [-0.39, 0.29) is 12.5 Å². The van der Waals surface area contributed by atoms with Crippen LogP contribution in [-0.2, 0) is 9.59 Å². The lowest BCUT2D eigenvalue weighted by molar-refractivity contribution is -0.144. The highest BCUT2D eigenvalue weighted by atomic mass is 35.5. The number of benzene rings is 1. The predicted molar refractivity (Wildman–Crippen MR) is 66.3 cm³/mol. The maximum atomic E-state index is 11.0. The maximum Gasteiger partial charge on any atom is 0.346 e. The number of carbonyl (C=O) groups excluding carboxylic acids is 1. The average molecular weight is 271 g/mol. The van der Waals surface area contributed by atoms with Crippen molar-refractivity contribution in [3.05, 3.63) is 17.2 Å². The first-order chi connectivity index (χ1) is 8.47. The Labute approximate surface area is 108 Å². The van der Waals surface area contributed by atoms with Gasteiger partial charge in [0.25, 0.3) is 0 Å². The fraction of sp³-hybridized carbons (Fsp3) is 0.273. The first-order valence-corrected chi connectivity index (χ1v) is 5.59. The summed E-state index contributed by atoms with van der Waals surface area (Å²) in [6.45, 7) is 1.52. The molecule has 0 aliphatic carbocycles. The molecule has 0 saturated carbocycles. The molecule has 0 saturated heterocycles. The van der Waals surface area contributed by atoms with Crippen LogP contribution in [0.2, 0.25) is 5.02 Å². The number of fused-ring (bicyclic) bond motifs is 1. The van der Waals surface area contributed by atoms with Crippen LogP contribution in [-0.4, -0.2) is 29.6 Å². The van der Waals surface area contributed by atoms with Crippen LogP contribution in [0.3, 0.4) is 0 Å². The summed E-state index contributed by atoms with van der Waals surface area (Å²) in [4.78, 5) is 21.8. The van der Waals surface area contributed by atoms with Crippen molar-refractivity contribution in [2.45, 2.75) is 13.0 Å². The zero-order valence-electron chi connectivity index (χ0n) is 9.49. The van der Waals surface area contributed by atoms with E-state index < -0.39 is 12.1 Å². The summed E-state index contributed by atoms with van der Waals surface area (Å²) in [6.07, 6.45) is -0.955. The molecule has 0 radical (unpaired) electrons. The molecule has 0 fully saturated rings. The Morgan fingerprint density at radius 3 is 2.89 bits per heavy atom. The van der Waals surface area contributed by atoms with Crippen molar-refractivity contribution in [3.8, 4) is 5.75 Å². The third-order valence-electron chi connectivity index (χ3n) is 2.40. The van der Waals surface area contributed by atoms with Gasteiger partial charge < -0.3 is 20.5 Å². The first kappa shape index (κ1) is 12.5. The van der Waals surface area contributed by atoms with Gasteiger partial charge in [-0.2, -0.15) is 0 Å². The van der Waals surface area contributed by atoms with Gasteiger partial charge in [-0.3, -0.25) is 4.79 Å². The van der Waals surface area contributed by atoms with E-state index in [1.54, 1.807) is 6.07 Å². The Morgan fingerprint density at radius 2 is 2.28 bits per heavy atom. The number of hydrogen-bond donors (Lipinski definition) is 3. The number of carboxylic acid groups (broad SMARTS) is 1. The molecule has 96 valence electrons. The molecule has 1 heterocycles. The van der Waals surface area contributed by atoms with Crippen molar-refractivity contribution >= 4 is 34.9 Å². The molecular formula is C11H11ClN2O4. The molecule has 6 nitrogen and oxygen atoms in total. The minimum absolute atomic E-state index is 0.165. The quantitative estimate of drug-likeness (QED) is 0.759. The number of carboxylic acids is 1. The van der Waals surface area contributed by atoms with Crippen LogP contribution >= 0.6 is 11.6 Å². The van der Waals surface area contributed by atoms with Crippen LogP contribution in [0.15, 0.2) is 12.1 Å². The minimum Gasteiger partial charge on any atom is -0.478 e. The Bertz CT molecular complexity index is 518. The molecule has 1 amide bonds. The van der Waals surface area contributed by atoms with Crippen LogP contribution in [0, 0.1) is 0 Å². The van der Waals surface area contributed by atoms with E-state index in [9.17, 15) is 9.59 Å². The SMILES string of the molecule is CC(=O)Nc1cc2c(cc1Cl)NCC(C(=O)O)O2. The summed E-state index contributed by atoms with van der Waals surface area (Å²) < 4.78 is 5.30. The van der Waals surface area contributed by atoms with E-state index in [1.807, 2.05) is 0 Å². The normalized spacial score (nSPS) is 17.1. The number of hydrogen-bond acceptors (Lipinski definition) is 4. The van der Waals surface area contributed by atoms with Crippen molar-refractivity contribution < 1.29 is 19.4 Å². The van der Waals surface area contributed by atoms with Crippen LogP contribution in [0.4, 0.5) is 11.4 Å². The smallest absolute Gasteiger partial charge is 0.346 e. The van der Waals surface area contributed by atoms with Crippen molar-refractivity contribution in [1.29, 1.82) is 0 Å². The van der Waals surface area contributed by atoms with Crippen molar-refractivity contribution in [2.24, 2.45) is 0 Å². The third-order valence-corrected chi connectivity index (χ3v) is 2.72. The third kappa shape index (κ3) is 2.48. The topological polar surface area (TPSA) is 87.7 Å². The lowest BCUT2D eigenvalue weighted by Crippen LogP contribution is -2.37. The molecule has 1 unspecified atom stereocenters. The highest BCUT2D eigenvalue weighted by Gasteiger charge is 2.26. The summed E-state index contributed by atoms with van der Waals surface area (Å²) in [7, 11) is 0. The zero-order chi connectivity index (χ0) is 13.3. The Balaban J connectivity index is 2.32. The Hall–Kier alpha value is -1.95. The maximum absolute atomic E-state index is 11.0. The van der Waals surface area contributed by atoms with E-state index >= 15 is 0 Å². The Kier molecular flexibility index (Phi) is 3.29. The van der Waals surface area contributed by atoms with Crippen LogP contribution in [0.1, 0.15) is 6.92 Å². The lowest BCUT2D eigenvalue weighted by atomic mass is 10.2. The molecule has 1 aliphatic heterocycles. The van der Waals surface area contributed by atoms with E-state index in [1.165, 1.54) is 13.0 Å². The standard InChI is InChI=1S/C11H11ClN2O4/c1-5(15)14-7-3-9-8(2-6(7)12)13-4-10(18-9)11(16)17/h2-3,10,13H,4H2,1H3,(H,14,15)(H,16,17). The predicted octanol–water partition coefficient (Wildman–Crippen LogP) is 1.56. The van der Waals surface area contributed by atoms with Gasteiger partial charge >= 0.3 is 5.97 Å². The summed E-state index contributed by atoms with van der Waals surface area (Å²) in [5.41, 5.74) is 0.988. The van der Waals surface area contributed by atoms with Gasteiger partial charge in [0.15, 0.2) is 0 Å². The van der Waals surface area contributed by atoms with E-state index in [0.717, 1.165) is 0 Å². The second-order valence-electron chi connectivity index (χ2n) is 3.84. The summed E-state index contributed by atoms with van der Waals surface area (Å²) in [6, 6.07) is 3.08. The Morgan fingerprint density at radius 1 is 1.56 bits per heavy atom. The molecule has 0 bridgehead atoms. The molecule has 2 rings (SSSR count). The molecule has 3 N–H and O–H groups in total. The second-order valence-corrected chi connectivity index (χ2v) is 4.24. The first-order valence-electron chi connectivity index (χ1n) is 5.22. The van der Waals surface area contributed by atoms with E-state index in [2.05, 4.69) is 10.6 Å². The average Bonchev–Trinajstić information content (AvgIpc) is 2.28. The lowest BCUT2D eigenvalue weighted by Gasteiger charge is -2.25. The van der Waals surface area contributed by atoms with Crippen molar-refractivity contribution in [1.82, 2.24) is 0 Å². The summed E-state index contributed by atoms with van der Waals surface area (Å²) in [5, 5.41) is 14.7. The second kappa shape index (κ2) is 4.73. The fourth-order valence-electron chi connectivity index (χ4n) is 1.61. The zero-order valence-corrected chi connectivity index (χ0v) is 10.2. The van der Waals surface area contributed by atoms with Crippen LogP contribution in [0.5, 0.6) is 5.75 Å². The molecule has 1 aromatic rings. The molecular weight excluding hydrogens is 260 g/mol. The minimum atomic E-state index is -1.05. The van der Waals surface area contributed by atoms with Gasteiger partial charge in [-0.25, -0.2) is 4.79 Å². The van der Waals surface area contributed by atoms with E-state index in [4.69, 9.17) is 21.4 Å². The van der Waals surface area contributed by atoms with Gasteiger partial charge in [0.1, 0.15) is 5.75 Å². The number of aliphatic carboxylic acids is 1. The van der Waals surface area contributed by atoms with Gasteiger partial charge in [0, 0.05) is 13.0 Å². The number of rotatable bonds is 2.